The minimum atomic E-state index is -0.538. The fraction of sp³-hybridized carbons (Fsp3) is 0. The number of benzene rings is 1. The van der Waals surface area contributed by atoms with E-state index in [2.05, 4.69) is 11.9 Å². The molecule has 0 aliphatic carbocycles. The van der Waals surface area contributed by atoms with E-state index in [0.717, 1.165) is 0 Å². The largest absolute Gasteiger partial charge is 0.451 e. The van der Waals surface area contributed by atoms with Crippen molar-refractivity contribution in [3.8, 4) is 5.75 Å². The third-order valence-electron chi connectivity index (χ3n) is 2.09. The number of imide groups is 1. The van der Waals surface area contributed by atoms with Crippen molar-refractivity contribution in [2.45, 2.75) is 0 Å². The van der Waals surface area contributed by atoms with E-state index >= 15 is 0 Å². The summed E-state index contributed by atoms with van der Waals surface area (Å²) in [5.74, 6) is -0.525. The van der Waals surface area contributed by atoms with E-state index in [1.54, 1.807) is 24.3 Å². The van der Waals surface area contributed by atoms with Crippen LogP contribution in [0.5, 0.6) is 5.75 Å². The van der Waals surface area contributed by atoms with Crippen LogP contribution < -0.4 is 10.1 Å². The van der Waals surface area contributed by atoms with Gasteiger partial charge in [0.2, 0.25) is 5.76 Å². The number of carbonyl (C=O) groups excluding carboxylic acids is 2. The van der Waals surface area contributed by atoms with Crippen molar-refractivity contribution in [2.75, 3.05) is 0 Å². The van der Waals surface area contributed by atoms with Crippen LogP contribution in [0.25, 0.3) is 0 Å². The molecule has 80 valence electrons. The maximum Gasteiger partial charge on any atom is 0.294 e. The van der Waals surface area contributed by atoms with Gasteiger partial charge in [0.15, 0.2) is 0 Å². The first kappa shape index (κ1) is 10.2. The minimum Gasteiger partial charge on any atom is -0.451 e. The van der Waals surface area contributed by atoms with Gasteiger partial charge in [-0.25, -0.2) is 0 Å². The first-order valence-corrected chi connectivity index (χ1v) is 4.67. The summed E-state index contributed by atoms with van der Waals surface area (Å²) in [6.45, 7) is 3.47. The molecule has 4 nitrogen and oxygen atoms in total. The molecule has 4 heteroatoms. The molecule has 0 atom stereocenters. The van der Waals surface area contributed by atoms with Crippen LogP contribution in [0, 0.1) is 0 Å². The first-order valence-electron chi connectivity index (χ1n) is 4.67. The van der Waals surface area contributed by atoms with Gasteiger partial charge in [-0.3, -0.25) is 14.9 Å². The van der Waals surface area contributed by atoms with Crippen LogP contribution in [-0.4, -0.2) is 11.8 Å². The number of amides is 2. The number of hydrogen-bond donors (Lipinski definition) is 1. The lowest BCUT2D eigenvalue weighted by Gasteiger charge is -2.04. The van der Waals surface area contributed by atoms with Crippen LogP contribution in [0.2, 0.25) is 0 Å². The SMILES string of the molecule is C=CC1=C(Oc2ccccc2)C(=O)NC1=O. The third-order valence-corrected chi connectivity index (χ3v) is 2.09. The average molecular weight is 215 g/mol. The predicted octanol–water partition coefficient (Wildman–Crippen LogP) is 1.16. The molecule has 0 fully saturated rings. The quantitative estimate of drug-likeness (QED) is 0.770. The lowest BCUT2D eigenvalue weighted by molar-refractivity contribution is -0.124. The molecule has 1 heterocycles. The summed E-state index contributed by atoms with van der Waals surface area (Å²) in [5, 5.41) is 2.14. The van der Waals surface area contributed by atoms with Gasteiger partial charge in [0.05, 0.1) is 5.57 Å². The first-order chi connectivity index (χ1) is 7.72. The van der Waals surface area contributed by atoms with Gasteiger partial charge < -0.3 is 4.74 Å². The second-order valence-corrected chi connectivity index (χ2v) is 3.15. The Kier molecular flexibility index (Phi) is 2.55. The van der Waals surface area contributed by atoms with Crippen molar-refractivity contribution in [3.05, 3.63) is 54.3 Å². The van der Waals surface area contributed by atoms with Gasteiger partial charge in [-0.15, -0.1) is 0 Å². The monoisotopic (exact) mass is 215 g/mol. The molecule has 1 aromatic rings. The summed E-state index contributed by atoms with van der Waals surface area (Å²) in [6.07, 6.45) is 1.30. The zero-order valence-electron chi connectivity index (χ0n) is 8.40. The van der Waals surface area contributed by atoms with Gasteiger partial charge in [-0.05, 0) is 12.1 Å². The molecule has 0 saturated carbocycles. The van der Waals surface area contributed by atoms with Gasteiger partial charge in [0.25, 0.3) is 11.8 Å². The average Bonchev–Trinajstić information content (AvgIpc) is 2.55. The predicted molar refractivity (Wildman–Crippen MR) is 57.4 cm³/mol. The summed E-state index contributed by atoms with van der Waals surface area (Å²) in [4.78, 5) is 22.7. The van der Waals surface area contributed by atoms with Gasteiger partial charge in [0.1, 0.15) is 5.75 Å². The zero-order chi connectivity index (χ0) is 11.5. The Hall–Kier alpha value is -2.36. The van der Waals surface area contributed by atoms with Gasteiger partial charge in [-0.2, -0.15) is 0 Å². The van der Waals surface area contributed by atoms with Crippen molar-refractivity contribution in [1.82, 2.24) is 5.32 Å². The lowest BCUT2D eigenvalue weighted by atomic mass is 10.2. The molecule has 0 spiro atoms. The van der Waals surface area contributed by atoms with Crippen molar-refractivity contribution < 1.29 is 14.3 Å². The molecular weight excluding hydrogens is 206 g/mol. The van der Waals surface area contributed by atoms with Crippen molar-refractivity contribution in [1.29, 1.82) is 0 Å². The van der Waals surface area contributed by atoms with E-state index in [1.165, 1.54) is 6.08 Å². The molecular formula is C12H9NO3. The van der Waals surface area contributed by atoms with Gasteiger partial charge in [0, 0.05) is 0 Å². The summed E-state index contributed by atoms with van der Waals surface area (Å²) in [7, 11) is 0. The standard InChI is InChI=1S/C12H9NO3/c1-2-9-10(12(15)13-11(9)14)16-8-6-4-3-5-7-8/h2-7H,1H2,(H,13,14,15). The molecule has 0 saturated heterocycles. The molecule has 2 rings (SSSR count). The molecule has 1 N–H and O–H groups in total. The van der Waals surface area contributed by atoms with Crippen LogP contribution >= 0.6 is 0 Å². The third kappa shape index (κ3) is 1.72. The molecule has 0 bridgehead atoms. The zero-order valence-corrected chi connectivity index (χ0v) is 8.40. The number of hydrogen-bond acceptors (Lipinski definition) is 3. The van der Waals surface area contributed by atoms with Gasteiger partial charge in [-0.1, -0.05) is 30.9 Å². The lowest BCUT2D eigenvalue weighted by Crippen LogP contribution is -2.23. The van der Waals surface area contributed by atoms with Crippen LogP contribution in [0.15, 0.2) is 54.3 Å². The minimum absolute atomic E-state index is 0.00815. The maximum absolute atomic E-state index is 11.4. The fourth-order valence-electron chi connectivity index (χ4n) is 1.35. The fourth-order valence-corrected chi connectivity index (χ4v) is 1.35. The van der Waals surface area contributed by atoms with E-state index in [-0.39, 0.29) is 11.3 Å². The number of rotatable bonds is 3. The highest BCUT2D eigenvalue weighted by Crippen LogP contribution is 2.19. The second-order valence-electron chi connectivity index (χ2n) is 3.15. The Morgan fingerprint density at radius 1 is 1.12 bits per heavy atom. The van der Waals surface area contributed by atoms with E-state index in [9.17, 15) is 9.59 Å². The highest BCUT2D eigenvalue weighted by atomic mass is 16.5. The Labute approximate surface area is 92.2 Å². The Bertz CT molecular complexity index is 488. The second kappa shape index (κ2) is 4.02. The van der Waals surface area contributed by atoms with Crippen molar-refractivity contribution in [3.63, 3.8) is 0 Å². The Morgan fingerprint density at radius 3 is 2.44 bits per heavy atom. The van der Waals surface area contributed by atoms with E-state index in [4.69, 9.17) is 4.74 Å². The number of nitrogens with one attached hydrogen (secondary N) is 1. The maximum atomic E-state index is 11.4. The Balaban J connectivity index is 2.33. The Morgan fingerprint density at radius 2 is 1.81 bits per heavy atom. The van der Waals surface area contributed by atoms with E-state index < -0.39 is 11.8 Å². The molecule has 16 heavy (non-hydrogen) atoms. The molecule has 1 aliphatic heterocycles. The van der Waals surface area contributed by atoms with E-state index in [0.29, 0.717) is 5.75 Å². The van der Waals surface area contributed by atoms with Crippen molar-refractivity contribution >= 4 is 11.8 Å². The summed E-state index contributed by atoms with van der Waals surface area (Å²) >= 11 is 0. The molecule has 0 radical (unpaired) electrons. The molecule has 1 aromatic carbocycles. The molecule has 0 aromatic heterocycles. The number of para-hydroxylation sites is 1. The van der Waals surface area contributed by atoms with E-state index in [1.807, 2.05) is 6.07 Å². The summed E-state index contributed by atoms with van der Waals surface area (Å²) < 4.78 is 5.34. The van der Waals surface area contributed by atoms with Crippen LogP contribution in [0.1, 0.15) is 0 Å². The summed E-state index contributed by atoms with van der Waals surface area (Å²) in [6, 6.07) is 8.78. The number of ether oxygens (including phenoxy) is 1. The van der Waals surface area contributed by atoms with Crippen LogP contribution in [-0.2, 0) is 9.59 Å². The number of carbonyl (C=O) groups is 2. The summed E-state index contributed by atoms with van der Waals surface area (Å²) in [5.41, 5.74) is 0.161. The normalized spacial score (nSPS) is 15.0. The molecule has 0 unspecified atom stereocenters. The van der Waals surface area contributed by atoms with Crippen molar-refractivity contribution in [2.24, 2.45) is 0 Å². The van der Waals surface area contributed by atoms with Crippen LogP contribution in [0.4, 0.5) is 0 Å². The smallest absolute Gasteiger partial charge is 0.294 e. The molecule has 2 amide bonds. The van der Waals surface area contributed by atoms with Gasteiger partial charge >= 0.3 is 0 Å². The highest BCUT2D eigenvalue weighted by Gasteiger charge is 2.30. The highest BCUT2D eigenvalue weighted by molar-refractivity contribution is 6.19. The van der Waals surface area contributed by atoms with Crippen LogP contribution in [0.3, 0.4) is 0 Å². The molecule has 1 aliphatic rings. The topological polar surface area (TPSA) is 55.4 Å².